The molecule has 0 aliphatic heterocycles. The summed E-state index contributed by atoms with van der Waals surface area (Å²) in [7, 11) is 0. The maximum absolute atomic E-state index is 11.6. The minimum absolute atomic E-state index is 0.157. The molecule has 1 N–H and O–H groups in total. The van der Waals surface area contributed by atoms with E-state index in [1.807, 2.05) is 37.3 Å². The summed E-state index contributed by atoms with van der Waals surface area (Å²) in [4.78, 5) is 11.6. The highest BCUT2D eigenvalue weighted by Gasteiger charge is 2.11. The number of benzene rings is 1. The van der Waals surface area contributed by atoms with E-state index in [4.69, 9.17) is 4.74 Å². The number of rotatable bonds is 7. The Bertz CT molecular complexity index is 364. The fraction of sp³-hybridized carbons (Fsp3) is 0.562. The van der Waals surface area contributed by atoms with Crippen molar-refractivity contribution in [3.63, 3.8) is 0 Å². The molecular formula is C16H25NO2. The van der Waals surface area contributed by atoms with E-state index in [1.54, 1.807) is 0 Å². The van der Waals surface area contributed by atoms with Crippen LogP contribution in [-0.2, 0) is 11.3 Å². The molecular weight excluding hydrogens is 238 g/mol. The smallest absolute Gasteiger partial charge is 0.407 e. The topological polar surface area (TPSA) is 38.3 Å². The fourth-order valence-corrected chi connectivity index (χ4v) is 2.24. The molecule has 106 valence electrons. The number of amides is 1. The van der Waals surface area contributed by atoms with E-state index >= 15 is 0 Å². The summed E-state index contributed by atoms with van der Waals surface area (Å²) in [6, 6.07) is 9.86. The summed E-state index contributed by atoms with van der Waals surface area (Å²) >= 11 is 0. The monoisotopic (exact) mass is 263 g/mol. The predicted molar refractivity (Wildman–Crippen MR) is 77.9 cm³/mol. The molecule has 0 aromatic heterocycles. The number of hydrogen-bond donors (Lipinski definition) is 1. The van der Waals surface area contributed by atoms with Crippen LogP contribution < -0.4 is 5.32 Å². The van der Waals surface area contributed by atoms with E-state index in [1.165, 1.54) is 12.8 Å². The van der Waals surface area contributed by atoms with Crippen LogP contribution in [0.4, 0.5) is 4.79 Å². The van der Waals surface area contributed by atoms with Crippen molar-refractivity contribution in [2.75, 3.05) is 0 Å². The number of ether oxygens (including phenoxy) is 1. The van der Waals surface area contributed by atoms with Gasteiger partial charge in [0, 0.05) is 6.04 Å². The largest absolute Gasteiger partial charge is 0.445 e. The van der Waals surface area contributed by atoms with Crippen LogP contribution in [0.1, 0.15) is 45.6 Å². The average Bonchev–Trinajstić information content (AvgIpc) is 2.37. The van der Waals surface area contributed by atoms with Crippen LogP contribution in [0, 0.1) is 5.92 Å². The average molecular weight is 263 g/mol. The quantitative estimate of drug-likeness (QED) is 0.803. The summed E-state index contributed by atoms with van der Waals surface area (Å²) < 4.78 is 5.19. The molecule has 1 rings (SSSR count). The van der Waals surface area contributed by atoms with Gasteiger partial charge in [-0.1, -0.05) is 57.0 Å². The summed E-state index contributed by atoms with van der Waals surface area (Å²) in [5.74, 6) is 0.634. The van der Waals surface area contributed by atoms with Crippen LogP contribution in [0.5, 0.6) is 0 Å². The lowest BCUT2D eigenvalue weighted by Gasteiger charge is -2.18. The van der Waals surface area contributed by atoms with Crippen LogP contribution in [0.15, 0.2) is 30.3 Å². The Balaban J connectivity index is 2.23. The number of carbonyl (C=O) groups is 1. The molecule has 0 bridgehead atoms. The first-order valence-corrected chi connectivity index (χ1v) is 7.09. The van der Waals surface area contributed by atoms with Crippen LogP contribution in [0.3, 0.4) is 0 Å². The van der Waals surface area contributed by atoms with E-state index in [0.29, 0.717) is 12.5 Å². The highest BCUT2D eigenvalue weighted by molar-refractivity contribution is 5.67. The Morgan fingerprint density at radius 2 is 1.95 bits per heavy atom. The van der Waals surface area contributed by atoms with Gasteiger partial charge in [0.25, 0.3) is 0 Å². The lowest BCUT2D eigenvalue weighted by atomic mass is 9.98. The summed E-state index contributed by atoms with van der Waals surface area (Å²) in [5, 5.41) is 2.88. The van der Waals surface area contributed by atoms with Gasteiger partial charge < -0.3 is 10.1 Å². The molecule has 0 fully saturated rings. The number of hydrogen-bond acceptors (Lipinski definition) is 2. The molecule has 0 aliphatic rings. The third-order valence-electron chi connectivity index (χ3n) is 3.11. The van der Waals surface area contributed by atoms with E-state index in [-0.39, 0.29) is 12.1 Å². The van der Waals surface area contributed by atoms with Gasteiger partial charge in [-0.2, -0.15) is 0 Å². The number of carbonyl (C=O) groups excluding carboxylic acids is 1. The van der Waals surface area contributed by atoms with Gasteiger partial charge in [-0.05, 0) is 24.8 Å². The van der Waals surface area contributed by atoms with Crippen LogP contribution in [0.25, 0.3) is 0 Å². The van der Waals surface area contributed by atoms with Crippen LogP contribution in [0.2, 0.25) is 0 Å². The SMILES string of the molecule is CCCC(C)CC(C)NC(=O)OCc1ccccc1. The summed E-state index contributed by atoms with van der Waals surface area (Å²) in [6.07, 6.45) is 3.05. The lowest BCUT2D eigenvalue weighted by molar-refractivity contribution is 0.135. The molecule has 2 atom stereocenters. The third kappa shape index (κ3) is 6.85. The molecule has 19 heavy (non-hydrogen) atoms. The zero-order valence-corrected chi connectivity index (χ0v) is 12.2. The first kappa shape index (κ1) is 15.5. The van der Waals surface area contributed by atoms with Crippen molar-refractivity contribution in [2.45, 2.75) is 52.7 Å². The van der Waals surface area contributed by atoms with E-state index in [2.05, 4.69) is 19.2 Å². The second-order valence-corrected chi connectivity index (χ2v) is 5.24. The van der Waals surface area contributed by atoms with Gasteiger partial charge in [-0.3, -0.25) is 0 Å². The van der Waals surface area contributed by atoms with E-state index < -0.39 is 0 Å². The molecule has 1 amide bonds. The predicted octanol–water partition coefficient (Wildman–Crippen LogP) is 4.13. The van der Waals surface area contributed by atoms with Crippen molar-refractivity contribution in [3.8, 4) is 0 Å². The Labute approximate surface area is 116 Å². The standard InChI is InChI=1S/C16H25NO2/c1-4-8-13(2)11-14(3)17-16(18)19-12-15-9-6-5-7-10-15/h5-7,9-10,13-14H,4,8,11-12H2,1-3H3,(H,17,18). The van der Waals surface area contributed by atoms with Gasteiger partial charge in [-0.15, -0.1) is 0 Å². The Morgan fingerprint density at radius 1 is 1.26 bits per heavy atom. The van der Waals surface area contributed by atoms with Crippen molar-refractivity contribution in [1.82, 2.24) is 5.32 Å². The molecule has 1 aromatic rings. The molecule has 0 saturated carbocycles. The van der Waals surface area contributed by atoms with Crippen molar-refractivity contribution < 1.29 is 9.53 Å². The van der Waals surface area contributed by atoms with Crippen molar-refractivity contribution in [2.24, 2.45) is 5.92 Å². The van der Waals surface area contributed by atoms with E-state index in [0.717, 1.165) is 12.0 Å². The minimum Gasteiger partial charge on any atom is -0.445 e. The first-order valence-electron chi connectivity index (χ1n) is 7.09. The van der Waals surface area contributed by atoms with E-state index in [9.17, 15) is 4.79 Å². The molecule has 0 heterocycles. The minimum atomic E-state index is -0.333. The Morgan fingerprint density at radius 3 is 2.58 bits per heavy atom. The second-order valence-electron chi connectivity index (χ2n) is 5.24. The third-order valence-corrected chi connectivity index (χ3v) is 3.11. The first-order chi connectivity index (χ1) is 9.11. The molecule has 0 saturated heterocycles. The van der Waals surface area contributed by atoms with Crippen LogP contribution >= 0.6 is 0 Å². The molecule has 0 spiro atoms. The second kappa shape index (κ2) is 8.57. The van der Waals surface area contributed by atoms with Crippen molar-refractivity contribution in [1.29, 1.82) is 0 Å². The normalized spacial score (nSPS) is 13.6. The molecule has 3 heteroatoms. The molecule has 1 aromatic carbocycles. The maximum Gasteiger partial charge on any atom is 0.407 e. The Hall–Kier alpha value is -1.51. The lowest BCUT2D eigenvalue weighted by Crippen LogP contribution is -2.34. The highest BCUT2D eigenvalue weighted by atomic mass is 16.5. The van der Waals surface area contributed by atoms with Gasteiger partial charge in [-0.25, -0.2) is 4.79 Å². The van der Waals surface area contributed by atoms with Crippen LogP contribution in [-0.4, -0.2) is 12.1 Å². The van der Waals surface area contributed by atoms with Crippen molar-refractivity contribution in [3.05, 3.63) is 35.9 Å². The molecule has 0 radical (unpaired) electrons. The summed E-state index contributed by atoms with van der Waals surface area (Å²) in [6.45, 7) is 6.75. The van der Waals surface area contributed by atoms with Gasteiger partial charge in [0.1, 0.15) is 6.61 Å². The zero-order chi connectivity index (χ0) is 14.1. The highest BCUT2D eigenvalue weighted by Crippen LogP contribution is 2.12. The van der Waals surface area contributed by atoms with Gasteiger partial charge in [0.15, 0.2) is 0 Å². The fourth-order valence-electron chi connectivity index (χ4n) is 2.24. The molecule has 0 aliphatic carbocycles. The van der Waals surface area contributed by atoms with Crippen molar-refractivity contribution >= 4 is 6.09 Å². The Kier molecular flexibility index (Phi) is 7.01. The van der Waals surface area contributed by atoms with Gasteiger partial charge in [0.2, 0.25) is 0 Å². The maximum atomic E-state index is 11.6. The zero-order valence-electron chi connectivity index (χ0n) is 12.2. The number of alkyl carbamates (subject to hydrolysis) is 1. The summed E-state index contributed by atoms with van der Waals surface area (Å²) in [5.41, 5.74) is 1.00. The van der Waals surface area contributed by atoms with Gasteiger partial charge >= 0.3 is 6.09 Å². The molecule has 3 nitrogen and oxygen atoms in total. The number of nitrogens with one attached hydrogen (secondary N) is 1. The van der Waals surface area contributed by atoms with Gasteiger partial charge in [0.05, 0.1) is 0 Å². The molecule has 2 unspecified atom stereocenters.